The van der Waals surface area contributed by atoms with Crippen molar-refractivity contribution in [1.29, 1.82) is 0 Å². The van der Waals surface area contributed by atoms with E-state index >= 15 is 0 Å². The largest absolute Gasteiger partial charge is 0.0521 e. The summed E-state index contributed by atoms with van der Waals surface area (Å²) in [6.45, 7) is 0. The zero-order chi connectivity index (χ0) is 3.41. The van der Waals surface area contributed by atoms with E-state index in [1.54, 1.807) is 0 Å². The van der Waals surface area contributed by atoms with Crippen LogP contribution in [-0.4, -0.2) is 0 Å². The normalized spacial score (nSPS) is 11.2. The highest BCUT2D eigenvalue weighted by molar-refractivity contribution is 14.2. The number of halogens is 1. The van der Waals surface area contributed by atoms with Crippen molar-refractivity contribution in [3.05, 3.63) is 0 Å². The van der Waals surface area contributed by atoms with Gasteiger partial charge < -0.3 is 0 Å². The lowest BCUT2D eigenvalue weighted by atomic mass is 29.9. The first kappa shape index (κ1) is 5.68. The van der Waals surface area contributed by atoms with Gasteiger partial charge in [0.1, 0.15) is 0 Å². The Labute approximate surface area is 46.7 Å². The molecule has 0 amide bonds. The Balaban J connectivity index is 2.30. The van der Waals surface area contributed by atoms with Gasteiger partial charge in [0.05, 0.1) is 0 Å². The van der Waals surface area contributed by atoms with Gasteiger partial charge in [-0.1, -0.05) is 11.8 Å². The molecule has 24 valence electrons. The minimum absolute atomic E-state index is 0.897. The summed E-state index contributed by atoms with van der Waals surface area (Å²) in [6, 6.07) is 0. The molecule has 0 N–H and O–H groups in total. The lowest BCUT2D eigenvalue weighted by Crippen LogP contribution is -0.767. The Morgan fingerprint density at radius 1 is 2.00 bits per heavy atom. The van der Waals surface area contributed by atoms with E-state index in [4.69, 9.17) is 0 Å². The quantitative estimate of drug-likeness (QED) is 0.484. The molecule has 0 heterocycles. The fourth-order valence-electron chi connectivity index (χ4n) is 0. The highest BCUT2D eigenvalue weighted by atomic mass is 127. The molecule has 1 unspecified atom stereocenters. The SMILES string of the molecule is S=PPI. The van der Waals surface area contributed by atoms with Gasteiger partial charge in [-0.15, -0.1) is 0 Å². The molecule has 0 spiro atoms. The molecule has 0 aromatic carbocycles. The van der Waals surface area contributed by atoms with Crippen molar-refractivity contribution in [2.75, 3.05) is 0 Å². The van der Waals surface area contributed by atoms with Crippen LogP contribution in [-0.2, 0) is 11.8 Å². The van der Waals surface area contributed by atoms with Crippen LogP contribution in [0.3, 0.4) is 0 Å². The minimum Gasteiger partial charge on any atom is -0.0521 e. The maximum absolute atomic E-state index is 4.53. The summed E-state index contributed by atoms with van der Waals surface area (Å²) in [6.07, 6.45) is 0. The Kier molecular flexibility index (Phi) is 6.65. The van der Waals surface area contributed by atoms with Gasteiger partial charge in [-0.2, -0.15) is 0 Å². The van der Waals surface area contributed by atoms with Crippen LogP contribution in [0.4, 0.5) is 0 Å². The van der Waals surface area contributed by atoms with Gasteiger partial charge in [-0.25, -0.2) is 0 Å². The standard InChI is InChI=1S/HIP2S/c1-2-3-4/h2H. The van der Waals surface area contributed by atoms with Crippen LogP contribution in [0.2, 0.25) is 0 Å². The first-order chi connectivity index (χ1) is 1.91. The molecule has 0 aliphatic carbocycles. The second-order valence-corrected chi connectivity index (χ2v) is 7.57. The van der Waals surface area contributed by atoms with Crippen LogP contribution in [0, 0.1) is 0 Å². The minimum atomic E-state index is 0.897. The molecule has 0 saturated heterocycles. The van der Waals surface area contributed by atoms with Crippen molar-refractivity contribution < 1.29 is 0 Å². The van der Waals surface area contributed by atoms with E-state index in [-0.39, 0.29) is 0 Å². The van der Waals surface area contributed by atoms with Crippen LogP contribution in [0.5, 0.6) is 0 Å². The van der Waals surface area contributed by atoms with E-state index in [9.17, 15) is 0 Å². The predicted molar refractivity (Wildman–Crippen MR) is 36.6 cm³/mol. The molecule has 4 heavy (non-hydrogen) atoms. The molecule has 1 atom stereocenters. The van der Waals surface area contributed by atoms with Crippen molar-refractivity contribution in [1.82, 2.24) is 0 Å². The Morgan fingerprint density at radius 3 is 2.25 bits per heavy atom. The lowest BCUT2D eigenvalue weighted by molar-refractivity contribution is 5.71. The van der Waals surface area contributed by atoms with Gasteiger partial charge in [0.2, 0.25) is 0 Å². The number of hydrogen-bond donors (Lipinski definition) is 0. The van der Waals surface area contributed by atoms with Crippen molar-refractivity contribution in [2.45, 2.75) is 0 Å². The lowest BCUT2D eigenvalue weighted by Gasteiger charge is -1.52. The monoisotopic (exact) mass is 222 g/mol. The summed E-state index contributed by atoms with van der Waals surface area (Å²) in [5.74, 6) is 0.897. The van der Waals surface area contributed by atoms with Crippen LogP contribution >= 0.6 is 35.0 Å². The van der Waals surface area contributed by atoms with Gasteiger partial charge in [0, 0.05) is 13.0 Å². The molecule has 4 heteroatoms. The molecule has 0 radical (unpaired) electrons. The zero-order valence-electron chi connectivity index (χ0n) is 1.73. The maximum Gasteiger partial charge on any atom is 0.00998 e. The molecule has 0 aliphatic rings. The maximum atomic E-state index is 4.53. The molecule has 0 aromatic rings. The molecule has 0 aliphatic heterocycles. The van der Waals surface area contributed by atoms with Crippen LogP contribution in [0.25, 0.3) is 0 Å². The first-order valence-corrected chi connectivity index (χ1v) is 7.46. The van der Waals surface area contributed by atoms with E-state index in [0.717, 1.165) is 13.0 Å². The number of hydrogen-bond acceptors (Lipinski definition) is 1. The van der Waals surface area contributed by atoms with E-state index in [1.807, 2.05) is 0 Å². The molecule has 0 bridgehead atoms. The van der Waals surface area contributed by atoms with Gasteiger partial charge in [-0.3, -0.25) is 0 Å². The highest BCUT2D eigenvalue weighted by Gasteiger charge is 1.51. The smallest absolute Gasteiger partial charge is 0.00998 e. The Hall–Kier alpha value is 1.68. The van der Waals surface area contributed by atoms with Gasteiger partial charge in [0.15, 0.2) is 0 Å². The third-order valence-corrected chi connectivity index (χ3v) is 6.25. The average Bonchev–Trinajstić information content (AvgIpc) is 1.37. The molecule has 0 rings (SSSR count). The summed E-state index contributed by atoms with van der Waals surface area (Å²) >= 11 is 6.79. The Morgan fingerprint density at radius 2 is 2.25 bits per heavy atom. The third kappa shape index (κ3) is 3.68. The summed E-state index contributed by atoms with van der Waals surface area (Å²) in [7, 11) is 1.10. The van der Waals surface area contributed by atoms with E-state index in [0.29, 0.717) is 0 Å². The van der Waals surface area contributed by atoms with E-state index < -0.39 is 0 Å². The van der Waals surface area contributed by atoms with E-state index in [2.05, 4.69) is 33.8 Å². The molecule has 0 fully saturated rings. The Bertz CT molecular complexity index is 20.0. The molecular weight excluding hydrogens is 221 g/mol. The summed E-state index contributed by atoms with van der Waals surface area (Å²) in [5.41, 5.74) is 0. The second kappa shape index (κ2) is 4.68. The topological polar surface area (TPSA) is 0 Å². The van der Waals surface area contributed by atoms with Gasteiger partial charge >= 0.3 is 0 Å². The van der Waals surface area contributed by atoms with Gasteiger partial charge in [0.25, 0.3) is 0 Å². The summed E-state index contributed by atoms with van der Waals surface area (Å²) < 4.78 is 0. The first-order valence-electron chi connectivity index (χ1n) is 0.595. The number of rotatable bonds is 1. The molecular formula is HIP2S. The van der Waals surface area contributed by atoms with Crippen LogP contribution < -0.4 is 0 Å². The molecule has 0 aromatic heterocycles. The molecule has 0 nitrogen and oxygen atoms in total. The third-order valence-electron chi connectivity index (χ3n) is 0.0345. The zero-order valence-corrected chi connectivity index (χ0v) is 6.60. The van der Waals surface area contributed by atoms with Crippen molar-refractivity contribution in [3.8, 4) is 0 Å². The highest BCUT2D eigenvalue weighted by Crippen LogP contribution is 2.34. The summed E-state index contributed by atoms with van der Waals surface area (Å²) in [4.78, 5) is 0. The predicted octanol–water partition coefficient (Wildman–Crippen LogP) is 2.34. The van der Waals surface area contributed by atoms with Crippen molar-refractivity contribution >= 4 is 46.8 Å². The van der Waals surface area contributed by atoms with Crippen molar-refractivity contribution in [3.63, 3.8) is 0 Å². The fraction of sp³-hybridized carbons (Fsp3) is 0. The van der Waals surface area contributed by atoms with Crippen molar-refractivity contribution in [2.24, 2.45) is 0 Å². The van der Waals surface area contributed by atoms with Gasteiger partial charge in [-0.05, 0) is 22.0 Å². The average molecular weight is 222 g/mol. The van der Waals surface area contributed by atoms with Crippen LogP contribution in [0.15, 0.2) is 0 Å². The second-order valence-electron chi connectivity index (χ2n) is 0.176. The van der Waals surface area contributed by atoms with E-state index in [1.165, 1.54) is 0 Å². The summed E-state index contributed by atoms with van der Waals surface area (Å²) in [5, 5.41) is 0. The van der Waals surface area contributed by atoms with Crippen LogP contribution in [0.1, 0.15) is 0 Å². The fourth-order valence-corrected chi connectivity index (χ4v) is 0. The molecule has 0 saturated carbocycles.